The van der Waals surface area contributed by atoms with Gasteiger partial charge >= 0.3 is 35.8 Å². The Morgan fingerprint density at radius 2 is 1.12 bits per heavy atom. The number of aromatic nitrogens is 1. The lowest BCUT2D eigenvalue weighted by Gasteiger charge is -2.32. The summed E-state index contributed by atoms with van der Waals surface area (Å²) in [5.41, 5.74) is 12.2. The average Bonchev–Trinajstić information content (AvgIpc) is 1.70. The van der Waals surface area contributed by atoms with Gasteiger partial charge in [-0.25, -0.2) is 4.79 Å². The fourth-order valence-corrected chi connectivity index (χ4v) is 11.7. The number of nitrogens with two attached hydrogens (primary N) is 2. The number of ether oxygens (including phenoxy) is 1. The van der Waals surface area contributed by atoms with Crippen LogP contribution in [0.1, 0.15) is 169 Å². The summed E-state index contributed by atoms with van der Waals surface area (Å²) in [7, 11) is 0.929. The topological polar surface area (TPSA) is 667 Å². The number of primary amides is 1. The van der Waals surface area contributed by atoms with Crippen LogP contribution in [-0.4, -0.2) is 253 Å². The maximum absolute atomic E-state index is 14.9. The minimum Gasteiger partial charge on any atom is -0.481 e. The van der Waals surface area contributed by atoms with Gasteiger partial charge in [0.25, 0.3) is 0 Å². The third kappa shape index (κ3) is 34.4. The van der Waals surface area contributed by atoms with Crippen LogP contribution in [0.25, 0.3) is 10.9 Å². The highest BCUT2D eigenvalue weighted by Gasteiger charge is 2.41. The van der Waals surface area contributed by atoms with E-state index in [4.69, 9.17) is 16.2 Å². The number of fused-ring (bicyclic) bond motifs is 1. The SMILES string of the molecule is CCC(C)CCCCCCC(=O)NC(Cc1c[nH]c2ccccc12)C(=O)NC(CCC(=O)O)C(=O)NC(CC(=O)O)C(=O)NC1C(=O)N(C)CC(=O)NC(C)C(=O)NC(CC(=O)O)C(=O)NC(CCCCN)C(=O)NC(CC(=O)O)C(=O)NCC(=O)NC(CC(N)=O)C(=O)NC(CCC(=O)O)C(=O)NC(C(C)CC)C(=O)OC1C. The number of carbonyl (C=O) groups excluding carboxylic acids is 15. The van der Waals surface area contributed by atoms with Gasteiger partial charge in [0.1, 0.15) is 72.6 Å². The van der Waals surface area contributed by atoms with Gasteiger partial charge in [-0.2, -0.15) is 0 Å². The number of nitrogens with one attached hydrogen (secondary N) is 13. The molecule has 42 heteroatoms. The van der Waals surface area contributed by atoms with E-state index in [1.165, 1.54) is 13.8 Å². The van der Waals surface area contributed by atoms with Crippen LogP contribution in [0.15, 0.2) is 30.5 Å². The minimum atomic E-state index is -2.31. The quantitative estimate of drug-likeness (QED) is 0.0228. The maximum Gasteiger partial charge on any atom is 0.329 e. The molecule has 114 heavy (non-hydrogen) atoms. The lowest BCUT2D eigenvalue weighted by atomic mass is 9.98. The zero-order valence-electron chi connectivity index (χ0n) is 64.6. The first-order valence-corrected chi connectivity index (χ1v) is 37.3. The van der Waals surface area contributed by atoms with Gasteiger partial charge in [-0.1, -0.05) is 84.4 Å². The van der Waals surface area contributed by atoms with E-state index in [2.05, 4.69) is 77.3 Å². The van der Waals surface area contributed by atoms with Gasteiger partial charge in [0.2, 0.25) is 82.7 Å². The standard InChI is InChI=1S/C72H108N16O26/c1-8-36(3)18-12-10-11-13-22-52(90)78-46(28-40-33-75-42-20-15-14-19-41(40)42)67(108)81-44(23-25-55(93)94)65(106)85-50(32-59(101)102)70(111)87-61-39(6)114-72(113)60(37(4)9-2)86-66(107)45(24-26-56(95)96)82-68(109)47(29-51(74)89)79-53(91)34-76-63(104)48(30-57(97)98)84-64(105)43(21-16-17-27-73)80-69(110)49(31-58(99)100)83-62(103)38(5)77-54(92)35-88(7)71(61)112/h14-15,19-20,33,36-39,43-50,60-61,75H,8-13,16-18,21-32,34-35,73H2,1-7H3,(H2,74,89)(H,76,104)(H,77,92)(H,78,90)(H,79,91)(H,80,110)(H,81,108)(H,82,109)(H,83,103)(H,84,105)(H,85,106)(H,86,107)(H,87,111)(H,93,94)(H,95,96)(H,97,98)(H,99,100)(H,101,102). The van der Waals surface area contributed by atoms with Gasteiger partial charge in [0, 0.05) is 49.8 Å². The monoisotopic (exact) mass is 1610 g/mol. The number of H-pyrrole nitrogens is 1. The van der Waals surface area contributed by atoms with Crippen LogP contribution < -0.4 is 75.3 Å². The van der Waals surface area contributed by atoms with Crippen molar-refractivity contribution in [2.24, 2.45) is 23.3 Å². The number of hydrogen-bond donors (Lipinski definition) is 20. The first-order chi connectivity index (χ1) is 53.7. The smallest absolute Gasteiger partial charge is 0.329 e. The number of hydrogen-bond acceptors (Lipinski definition) is 22. The molecule has 0 radical (unpaired) electrons. The molecule has 1 saturated heterocycles. The lowest BCUT2D eigenvalue weighted by Crippen LogP contribution is -2.61. The fraction of sp³-hybridized carbons (Fsp3) is 0.611. The number of rotatable bonds is 37. The molecule has 1 aromatic heterocycles. The molecule has 3 rings (SSSR count). The molecule has 2 aromatic rings. The number of cyclic esters (lactones) is 1. The molecule has 1 fully saturated rings. The highest BCUT2D eigenvalue weighted by Crippen LogP contribution is 2.21. The highest BCUT2D eigenvalue weighted by molar-refractivity contribution is 6.02. The van der Waals surface area contributed by atoms with Gasteiger partial charge < -0.3 is 115 Å². The largest absolute Gasteiger partial charge is 0.481 e. The van der Waals surface area contributed by atoms with Crippen molar-refractivity contribution < 1.29 is 126 Å². The van der Waals surface area contributed by atoms with Crippen molar-refractivity contribution in [2.45, 2.75) is 243 Å². The van der Waals surface area contributed by atoms with Crippen molar-refractivity contribution in [1.29, 1.82) is 0 Å². The summed E-state index contributed by atoms with van der Waals surface area (Å²) in [6.07, 6.45) is -3.77. The summed E-state index contributed by atoms with van der Waals surface area (Å²) in [5.74, 6) is -27.9. The number of para-hydroxylation sites is 1. The molecule has 2 heterocycles. The van der Waals surface area contributed by atoms with Crippen molar-refractivity contribution in [2.75, 3.05) is 26.7 Å². The number of amides is 14. The Morgan fingerprint density at radius 1 is 0.561 bits per heavy atom. The summed E-state index contributed by atoms with van der Waals surface area (Å²) in [4.78, 5) is 275. The average molecular weight is 1610 g/mol. The molecule has 0 bridgehead atoms. The number of nitrogens with zero attached hydrogens (tertiary/aromatic N) is 1. The Kier molecular flexibility index (Phi) is 41.2. The van der Waals surface area contributed by atoms with E-state index in [-0.39, 0.29) is 45.1 Å². The van der Waals surface area contributed by atoms with E-state index in [1.807, 2.05) is 5.32 Å². The van der Waals surface area contributed by atoms with Gasteiger partial charge in [0.15, 0.2) is 0 Å². The molecule has 1 aromatic carbocycles. The van der Waals surface area contributed by atoms with Crippen LogP contribution in [0, 0.1) is 11.8 Å². The summed E-state index contributed by atoms with van der Waals surface area (Å²) in [5, 5.41) is 76.9. The number of aliphatic carboxylic acids is 5. The number of carbonyl (C=O) groups is 20. The van der Waals surface area contributed by atoms with Crippen LogP contribution in [-0.2, 0) is 107 Å². The van der Waals surface area contributed by atoms with E-state index >= 15 is 0 Å². The summed E-state index contributed by atoms with van der Waals surface area (Å²) >= 11 is 0. The molecule has 0 spiro atoms. The van der Waals surface area contributed by atoms with E-state index in [0.717, 1.165) is 46.6 Å². The van der Waals surface area contributed by atoms with Crippen molar-refractivity contribution in [1.82, 2.24) is 73.7 Å². The zero-order valence-corrected chi connectivity index (χ0v) is 64.6. The van der Waals surface area contributed by atoms with Gasteiger partial charge in [-0.15, -0.1) is 0 Å². The number of unbranched alkanes of at least 4 members (excludes halogenated alkanes) is 4. The first-order valence-electron chi connectivity index (χ1n) is 37.3. The fourth-order valence-electron chi connectivity index (χ4n) is 11.7. The second kappa shape index (κ2) is 48.8. The summed E-state index contributed by atoms with van der Waals surface area (Å²) in [6, 6.07) is -14.5. The first kappa shape index (κ1) is 96.3. The predicted molar refractivity (Wildman–Crippen MR) is 399 cm³/mol. The molecule has 14 amide bonds. The lowest BCUT2D eigenvalue weighted by molar-refractivity contribution is -0.159. The third-order valence-electron chi connectivity index (χ3n) is 18.6. The van der Waals surface area contributed by atoms with E-state index in [1.54, 1.807) is 30.5 Å². The van der Waals surface area contributed by atoms with Crippen LogP contribution >= 0.6 is 0 Å². The molecular formula is C72H108N16O26. The number of likely N-dealkylation sites (N-methyl/N-ethyl adjacent to an activating group) is 1. The van der Waals surface area contributed by atoms with Crippen molar-refractivity contribution in [3.8, 4) is 0 Å². The third-order valence-corrected chi connectivity index (χ3v) is 18.6. The van der Waals surface area contributed by atoms with Crippen LogP contribution in [0.3, 0.4) is 0 Å². The molecule has 0 aliphatic carbocycles. The Balaban J connectivity index is 2.23. The van der Waals surface area contributed by atoms with Crippen LogP contribution in [0.5, 0.6) is 0 Å². The molecule has 14 atom stereocenters. The Hall–Kier alpha value is -11.9. The second-order valence-electron chi connectivity index (χ2n) is 28.0. The van der Waals surface area contributed by atoms with E-state index in [0.29, 0.717) is 40.1 Å². The van der Waals surface area contributed by atoms with E-state index < -0.39 is 261 Å². The van der Waals surface area contributed by atoms with E-state index in [9.17, 15) is 121 Å². The molecule has 14 unspecified atom stereocenters. The molecule has 632 valence electrons. The van der Waals surface area contributed by atoms with Gasteiger partial charge in [0.05, 0.1) is 38.8 Å². The van der Waals surface area contributed by atoms with Crippen molar-refractivity contribution in [3.05, 3.63) is 36.0 Å². The van der Waals surface area contributed by atoms with Crippen molar-refractivity contribution >= 4 is 129 Å². The molecule has 1 aliphatic rings. The second-order valence-corrected chi connectivity index (χ2v) is 28.0. The molecule has 0 saturated carbocycles. The van der Waals surface area contributed by atoms with Gasteiger partial charge in [-0.05, 0) is 82.4 Å². The number of benzene rings is 1. The Labute approximate surface area is 655 Å². The number of carboxylic acid groups (broad SMARTS) is 5. The minimum absolute atomic E-state index is 0.00561. The molecule has 22 N–H and O–H groups in total. The summed E-state index contributed by atoms with van der Waals surface area (Å²) < 4.78 is 5.76. The number of esters is 1. The Bertz CT molecular complexity index is 3780. The molecular weight excluding hydrogens is 1500 g/mol. The Morgan fingerprint density at radius 3 is 1.72 bits per heavy atom. The zero-order chi connectivity index (χ0) is 85.6. The van der Waals surface area contributed by atoms with Crippen molar-refractivity contribution in [3.63, 3.8) is 0 Å². The van der Waals surface area contributed by atoms with Gasteiger partial charge in [-0.3, -0.25) is 91.1 Å². The molecule has 1 aliphatic heterocycles. The van der Waals surface area contributed by atoms with Crippen LogP contribution in [0.2, 0.25) is 0 Å². The van der Waals surface area contributed by atoms with Crippen LogP contribution in [0.4, 0.5) is 0 Å². The maximum atomic E-state index is 14.9. The number of carboxylic acids is 5. The highest BCUT2D eigenvalue weighted by atomic mass is 16.5. The normalized spacial score (nSPS) is 21.7. The summed E-state index contributed by atoms with van der Waals surface area (Å²) in [6.45, 7) is 6.91. The molecule has 42 nitrogen and oxygen atoms in total. The number of aromatic amines is 1. The predicted octanol–water partition coefficient (Wildman–Crippen LogP) is -3.83.